The van der Waals surface area contributed by atoms with E-state index in [1.165, 1.54) is 48.9 Å². The summed E-state index contributed by atoms with van der Waals surface area (Å²) >= 11 is 0. The van der Waals surface area contributed by atoms with Gasteiger partial charge >= 0.3 is 0 Å². The number of allylic oxidation sites excluding steroid dienone is 1. The normalized spacial score (nSPS) is 12.3. The quantitative estimate of drug-likeness (QED) is 0.473. The van der Waals surface area contributed by atoms with E-state index < -0.39 is 8.07 Å². The van der Waals surface area contributed by atoms with Crippen LogP contribution in [0.4, 0.5) is 0 Å². The monoisotopic (exact) mass is 271 g/mol. The lowest BCUT2D eigenvalue weighted by molar-refractivity contribution is 0.733. The summed E-state index contributed by atoms with van der Waals surface area (Å²) in [6, 6.07) is 5.80. The summed E-state index contributed by atoms with van der Waals surface area (Å²) in [6.45, 7) is 12.9. The summed E-state index contributed by atoms with van der Waals surface area (Å²) in [4.78, 5) is 0. The van der Waals surface area contributed by atoms with Gasteiger partial charge in [-0.2, -0.15) is 0 Å². The van der Waals surface area contributed by atoms with Crippen molar-refractivity contribution in [2.24, 2.45) is 0 Å². The summed E-state index contributed by atoms with van der Waals surface area (Å²) < 4.78 is 0. The Hall–Kier alpha value is 0.134. The smallest absolute Gasteiger partial charge is 0.0679 e. The van der Waals surface area contributed by atoms with Crippen LogP contribution in [0, 0.1) is 0 Å². The lowest BCUT2D eigenvalue weighted by Gasteiger charge is -2.28. The first kappa shape index (κ1) is 17.1. The molecule has 0 aromatic carbocycles. The maximum absolute atomic E-state index is 3.73. The van der Waals surface area contributed by atoms with Crippen molar-refractivity contribution in [1.82, 2.24) is 5.32 Å². The van der Waals surface area contributed by atoms with E-state index in [1.807, 2.05) is 0 Å². The van der Waals surface area contributed by atoms with E-state index in [1.54, 1.807) is 0 Å². The fraction of sp³-hybridized carbons (Fsp3) is 0.857. The first-order valence-electron chi connectivity index (χ1n) is 7.44. The van der Waals surface area contributed by atoms with Crippen LogP contribution in [0.15, 0.2) is 11.3 Å². The van der Waals surface area contributed by atoms with E-state index in [9.17, 15) is 0 Å². The summed E-state index contributed by atoms with van der Waals surface area (Å²) in [5.74, 6) is 0. The van der Waals surface area contributed by atoms with E-state index in [0.29, 0.717) is 0 Å². The average molecular weight is 272 g/mol. The van der Waals surface area contributed by atoms with Gasteiger partial charge in [-0.3, -0.25) is 0 Å². The molecule has 0 fully saturated rings. The van der Waals surface area contributed by atoms with Crippen LogP contribution in [-0.2, 0) is 0 Å². The molecule has 0 amide bonds. The first-order chi connectivity index (χ1) is 8.10. The summed E-state index contributed by atoms with van der Waals surface area (Å²) in [7, 11) is -0.820. The minimum atomic E-state index is -0.915. The Morgan fingerprint density at radius 1 is 1.12 bits per heavy atom. The lowest BCUT2D eigenvalue weighted by atomic mass is 10.4. The molecular formula is C14H33NSi2. The summed E-state index contributed by atoms with van der Waals surface area (Å²) in [6.07, 6.45) is 2.73. The Labute approximate surface area is 112 Å². The molecule has 0 aliphatic rings. The van der Waals surface area contributed by atoms with Crippen LogP contribution in [0.5, 0.6) is 0 Å². The Bertz CT molecular complexity index is 198. The zero-order valence-electron chi connectivity index (χ0n) is 12.7. The fourth-order valence-corrected chi connectivity index (χ4v) is 6.54. The molecule has 0 saturated heterocycles. The maximum Gasteiger partial charge on any atom is 0.0679 e. The van der Waals surface area contributed by atoms with E-state index in [2.05, 4.69) is 45.6 Å². The van der Waals surface area contributed by atoms with Crippen LogP contribution in [0.3, 0.4) is 0 Å². The van der Waals surface area contributed by atoms with Crippen molar-refractivity contribution < 1.29 is 0 Å². The second-order valence-corrected chi connectivity index (χ2v) is 12.7. The van der Waals surface area contributed by atoms with Crippen LogP contribution in [-0.4, -0.2) is 30.3 Å². The number of nitrogens with one attached hydrogen (secondary N) is 1. The SMILES string of the molecule is CC[Si](CC)(CC)CNCCC[SiH2]C=C(C)C. The van der Waals surface area contributed by atoms with Crippen LogP contribution in [0.1, 0.15) is 41.0 Å². The van der Waals surface area contributed by atoms with Gasteiger partial charge in [0.15, 0.2) is 0 Å². The Kier molecular flexibility index (Phi) is 10.2. The molecule has 3 heteroatoms. The zero-order chi connectivity index (χ0) is 13.1. The molecule has 0 spiro atoms. The molecule has 0 rings (SSSR count). The third-order valence-electron chi connectivity index (χ3n) is 4.11. The molecular weight excluding hydrogens is 238 g/mol. The molecule has 0 radical (unpaired) electrons. The van der Waals surface area contributed by atoms with Crippen molar-refractivity contribution in [3.63, 3.8) is 0 Å². The van der Waals surface area contributed by atoms with Gasteiger partial charge < -0.3 is 5.32 Å². The topological polar surface area (TPSA) is 12.0 Å². The highest BCUT2D eigenvalue weighted by Crippen LogP contribution is 2.18. The third-order valence-corrected chi connectivity index (χ3v) is 11.6. The van der Waals surface area contributed by atoms with E-state index in [4.69, 9.17) is 0 Å². The van der Waals surface area contributed by atoms with Gasteiger partial charge in [-0.25, -0.2) is 0 Å². The van der Waals surface area contributed by atoms with E-state index in [-0.39, 0.29) is 9.52 Å². The first-order valence-corrected chi connectivity index (χ1v) is 12.1. The van der Waals surface area contributed by atoms with Gasteiger partial charge in [0.25, 0.3) is 0 Å². The molecule has 0 unspecified atom stereocenters. The van der Waals surface area contributed by atoms with Crippen LogP contribution in [0.2, 0.25) is 24.2 Å². The molecule has 0 aromatic rings. The highest BCUT2D eigenvalue weighted by Gasteiger charge is 2.25. The van der Waals surface area contributed by atoms with Gasteiger partial charge in [-0.1, -0.05) is 50.5 Å². The molecule has 0 aliphatic heterocycles. The number of hydrogen-bond acceptors (Lipinski definition) is 1. The molecule has 0 saturated carbocycles. The van der Waals surface area contributed by atoms with Gasteiger partial charge in [-0.15, -0.1) is 5.70 Å². The highest BCUT2D eigenvalue weighted by atomic mass is 28.3. The zero-order valence-corrected chi connectivity index (χ0v) is 15.1. The molecule has 17 heavy (non-hydrogen) atoms. The van der Waals surface area contributed by atoms with Gasteiger partial charge in [-0.05, 0) is 33.0 Å². The van der Waals surface area contributed by atoms with Gasteiger partial charge in [0.05, 0.1) is 8.07 Å². The molecule has 0 atom stereocenters. The Balaban J connectivity index is 3.59. The van der Waals surface area contributed by atoms with Crippen LogP contribution < -0.4 is 5.32 Å². The van der Waals surface area contributed by atoms with Crippen molar-refractivity contribution >= 4 is 17.6 Å². The molecule has 1 N–H and O–H groups in total. The van der Waals surface area contributed by atoms with Gasteiger partial charge in [0.1, 0.15) is 0 Å². The highest BCUT2D eigenvalue weighted by molar-refractivity contribution is 6.79. The van der Waals surface area contributed by atoms with Gasteiger partial charge in [0.2, 0.25) is 0 Å². The van der Waals surface area contributed by atoms with E-state index >= 15 is 0 Å². The van der Waals surface area contributed by atoms with Crippen molar-refractivity contribution in [2.45, 2.75) is 65.2 Å². The molecule has 0 aliphatic carbocycles. The van der Waals surface area contributed by atoms with Crippen LogP contribution in [0.25, 0.3) is 0 Å². The van der Waals surface area contributed by atoms with Crippen molar-refractivity contribution in [2.75, 3.05) is 12.7 Å². The van der Waals surface area contributed by atoms with Crippen molar-refractivity contribution in [3.8, 4) is 0 Å². The number of hydrogen-bond donors (Lipinski definition) is 1. The van der Waals surface area contributed by atoms with Crippen LogP contribution >= 0.6 is 0 Å². The fourth-order valence-electron chi connectivity index (χ4n) is 2.26. The van der Waals surface area contributed by atoms with Gasteiger partial charge in [0, 0.05) is 9.52 Å². The predicted octanol–water partition coefficient (Wildman–Crippen LogP) is 3.52. The van der Waals surface area contributed by atoms with E-state index in [0.717, 1.165) is 0 Å². The standard InChI is InChI=1S/C14H33NSi2/c1-6-17(7-2,8-3)13-15-10-9-11-16-12-14(4)5/h12,15H,6-11,13,16H2,1-5H3. The second kappa shape index (κ2) is 10.1. The Morgan fingerprint density at radius 2 is 1.71 bits per heavy atom. The Morgan fingerprint density at radius 3 is 2.18 bits per heavy atom. The minimum Gasteiger partial charge on any atom is -0.319 e. The molecule has 0 heterocycles. The molecule has 1 nitrogen and oxygen atoms in total. The molecule has 102 valence electrons. The number of rotatable bonds is 10. The van der Waals surface area contributed by atoms with Crippen molar-refractivity contribution in [1.29, 1.82) is 0 Å². The largest absolute Gasteiger partial charge is 0.319 e. The van der Waals surface area contributed by atoms with Crippen molar-refractivity contribution in [3.05, 3.63) is 11.3 Å². The minimum absolute atomic E-state index is 0.0953. The summed E-state index contributed by atoms with van der Waals surface area (Å²) in [5, 5.41) is 3.73. The predicted molar refractivity (Wildman–Crippen MR) is 87.5 cm³/mol. The summed E-state index contributed by atoms with van der Waals surface area (Å²) in [5.41, 5.74) is 4.00. The molecule has 0 aromatic heterocycles. The maximum atomic E-state index is 3.73. The average Bonchev–Trinajstić information content (AvgIpc) is 2.33. The lowest BCUT2D eigenvalue weighted by Crippen LogP contribution is -2.44. The second-order valence-electron chi connectivity index (χ2n) is 5.51. The third kappa shape index (κ3) is 7.95. The molecule has 0 bridgehead atoms.